The van der Waals surface area contributed by atoms with Crippen LogP contribution < -0.4 is 10.1 Å². The highest BCUT2D eigenvalue weighted by molar-refractivity contribution is 5.99. The summed E-state index contributed by atoms with van der Waals surface area (Å²) in [6.07, 6.45) is 9.03. The summed E-state index contributed by atoms with van der Waals surface area (Å²) in [5, 5.41) is 14.4. The Morgan fingerprint density at radius 3 is 2.29 bits per heavy atom. The molecule has 1 aromatic carbocycles. The van der Waals surface area contributed by atoms with Crippen molar-refractivity contribution in [2.45, 2.75) is 112 Å². The highest BCUT2D eigenvalue weighted by atomic mass is 16.5. The lowest BCUT2D eigenvalue weighted by Crippen LogP contribution is -2.49. The number of benzene rings is 1. The number of fused-ring (bicyclic) bond motifs is 1. The number of amides is 1. The maximum Gasteiger partial charge on any atom is 0.326 e. The van der Waals surface area contributed by atoms with E-state index in [2.05, 4.69) is 39.1 Å². The molecule has 38 heavy (non-hydrogen) atoms. The van der Waals surface area contributed by atoms with Crippen molar-refractivity contribution in [2.24, 2.45) is 22.2 Å². The van der Waals surface area contributed by atoms with Crippen LogP contribution in [0.15, 0.2) is 24.3 Å². The van der Waals surface area contributed by atoms with Crippen LogP contribution in [-0.4, -0.2) is 34.1 Å². The Hall–Kier alpha value is -2.63. The molecule has 1 heterocycles. The van der Waals surface area contributed by atoms with Gasteiger partial charge in [0.1, 0.15) is 17.5 Å². The van der Waals surface area contributed by atoms with E-state index in [4.69, 9.17) is 9.72 Å². The molecular weight excluding hydrogens is 476 g/mol. The molecule has 2 aliphatic carbocycles. The van der Waals surface area contributed by atoms with Crippen molar-refractivity contribution < 1.29 is 19.4 Å². The number of nitrogens with zero attached hydrogens (tertiary/aromatic N) is 1. The highest BCUT2D eigenvalue weighted by Crippen LogP contribution is 2.47. The van der Waals surface area contributed by atoms with Gasteiger partial charge < -0.3 is 15.2 Å². The number of aliphatic carboxylic acids is 1. The van der Waals surface area contributed by atoms with Gasteiger partial charge in [-0.25, -0.2) is 9.78 Å². The van der Waals surface area contributed by atoms with Gasteiger partial charge in [0.15, 0.2) is 0 Å². The van der Waals surface area contributed by atoms with Crippen molar-refractivity contribution in [3.63, 3.8) is 0 Å². The molecule has 0 unspecified atom stereocenters. The monoisotopic (exact) mass is 522 g/mol. The van der Waals surface area contributed by atoms with Crippen molar-refractivity contribution in [3.8, 4) is 5.75 Å². The first kappa shape index (κ1) is 28.4. The Kier molecular flexibility index (Phi) is 7.84. The summed E-state index contributed by atoms with van der Waals surface area (Å²) < 4.78 is 6.58. The third kappa shape index (κ3) is 6.86. The van der Waals surface area contributed by atoms with E-state index in [1.54, 1.807) is 6.07 Å². The normalized spacial score (nSPS) is 20.8. The Balaban J connectivity index is 1.66. The fourth-order valence-electron chi connectivity index (χ4n) is 7.00. The quantitative estimate of drug-likeness (QED) is 0.402. The number of hydrogen-bond donors (Lipinski definition) is 2. The zero-order valence-electron chi connectivity index (χ0n) is 24.3. The van der Waals surface area contributed by atoms with Gasteiger partial charge in [-0.3, -0.25) is 4.79 Å². The van der Waals surface area contributed by atoms with E-state index in [1.807, 2.05) is 32.9 Å². The van der Waals surface area contributed by atoms with Gasteiger partial charge >= 0.3 is 5.97 Å². The molecule has 1 amide bonds. The van der Waals surface area contributed by atoms with E-state index in [0.29, 0.717) is 5.92 Å². The van der Waals surface area contributed by atoms with E-state index in [-0.39, 0.29) is 22.6 Å². The van der Waals surface area contributed by atoms with Crippen LogP contribution in [0.1, 0.15) is 110 Å². The Bertz CT molecular complexity index is 1170. The second-order valence-electron chi connectivity index (χ2n) is 14.5. The van der Waals surface area contributed by atoms with Gasteiger partial charge in [-0.15, -0.1) is 0 Å². The number of nitrogens with one attached hydrogen (secondary N) is 1. The topological polar surface area (TPSA) is 88.5 Å². The van der Waals surface area contributed by atoms with Gasteiger partial charge in [0.25, 0.3) is 5.91 Å². The Morgan fingerprint density at radius 2 is 1.71 bits per heavy atom. The largest absolute Gasteiger partial charge is 0.490 e. The number of carbonyl (C=O) groups is 2. The van der Waals surface area contributed by atoms with Crippen LogP contribution in [0.3, 0.4) is 0 Å². The van der Waals surface area contributed by atoms with Crippen LogP contribution in [-0.2, 0) is 11.2 Å². The SMILES string of the molecule is CC1(C)CC(Oc2ccc3cc(C(=O)N[C@@H](C(=O)O)C(C)(C)C)nc(CC4CCCC4)c3c2)CC(C)(C)C1. The first-order chi connectivity index (χ1) is 17.6. The van der Waals surface area contributed by atoms with Gasteiger partial charge in [0.05, 0.1) is 6.10 Å². The molecule has 0 spiro atoms. The van der Waals surface area contributed by atoms with Crippen LogP contribution >= 0.6 is 0 Å². The number of ether oxygens (including phenoxy) is 1. The molecule has 2 fully saturated rings. The van der Waals surface area contributed by atoms with Crippen molar-refractivity contribution in [2.75, 3.05) is 0 Å². The molecule has 0 radical (unpaired) electrons. The summed E-state index contributed by atoms with van der Waals surface area (Å²) in [6, 6.07) is 6.87. The molecule has 0 aliphatic heterocycles. The Morgan fingerprint density at radius 1 is 1.08 bits per heavy atom. The molecule has 2 aliphatic rings. The molecule has 6 heteroatoms. The number of aromatic nitrogens is 1. The minimum atomic E-state index is -1.05. The second-order valence-corrected chi connectivity index (χ2v) is 14.5. The highest BCUT2D eigenvalue weighted by Gasteiger charge is 2.39. The average molecular weight is 523 g/mol. The Labute approximate surface area is 227 Å². The molecule has 208 valence electrons. The molecule has 0 bridgehead atoms. The number of carboxylic acid groups (broad SMARTS) is 1. The number of rotatable bonds is 7. The molecule has 2 saturated carbocycles. The van der Waals surface area contributed by atoms with Crippen LogP contribution in [0, 0.1) is 22.2 Å². The number of carbonyl (C=O) groups excluding carboxylic acids is 1. The maximum absolute atomic E-state index is 13.2. The van der Waals surface area contributed by atoms with Crippen molar-refractivity contribution in [1.82, 2.24) is 10.3 Å². The summed E-state index contributed by atoms with van der Waals surface area (Å²) in [6.45, 7) is 14.7. The third-order valence-electron chi connectivity index (χ3n) is 8.28. The van der Waals surface area contributed by atoms with Gasteiger partial charge in [0, 0.05) is 11.1 Å². The predicted octanol–water partition coefficient (Wildman–Crippen LogP) is 7.18. The fraction of sp³-hybridized carbons (Fsp3) is 0.656. The summed E-state index contributed by atoms with van der Waals surface area (Å²) in [7, 11) is 0. The summed E-state index contributed by atoms with van der Waals surface area (Å²) in [4.78, 5) is 29.9. The van der Waals surface area contributed by atoms with E-state index < -0.39 is 23.3 Å². The van der Waals surface area contributed by atoms with Crippen LogP contribution in [0.4, 0.5) is 0 Å². The van der Waals surface area contributed by atoms with E-state index in [9.17, 15) is 14.7 Å². The third-order valence-corrected chi connectivity index (χ3v) is 8.28. The van der Waals surface area contributed by atoms with Crippen molar-refractivity contribution >= 4 is 22.6 Å². The van der Waals surface area contributed by atoms with Gasteiger partial charge in [-0.1, -0.05) is 80.2 Å². The van der Waals surface area contributed by atoms with Gasteiger partial charge in [0.2, 0.25) is 0 Å². The van der Waals surface area contributed by atoms with Crippen molar-refractivity contribution in [1.29, 1.82) is 0 Å². The molecule has 4 rings (SSSR count). The standard InChI is InChI=1S/C32H46N2O4/c1-30(2,3)27(29(36)37)34-28(35)26-15-21-12-13-22(38-23-17-31(4,5)19-32(6,7)18-23)16-24(21)25(33-26)14-20-10-8-9-11-20/h12-13,15-16,20,23,27H,8-11,14,17-19H2,1-7H3,(H,34,35)(H,36,37)/t27-/m0/s1. The lowest BCUT2D eigenvalue weighted by Gasteiger charge is -2.44. The van der Waals surface area contributed by atoms with Gasteiger partial charge in [-0.2, -0.15) is 0 Å². The second kappa shape index (κ2) is 10.5. The zero-order valence-corrected chi connectivity index (χ0v) is 24.3. The molecule has 2 N–H and O–H groups in total. The molecule has 6 nitrogen and oxygen atoms in total. The number of pyridine rings is 1. The summed E-state index contributed by atoms with van der Waals surface area (Å²) in [5.74, 6) is -0.0983. The zero-order chi connectivity index (χ0) is 27.9. The van der Waals surface area contributed by atoms with Crippen LogP contribution in [0.2, 0.25) is 0 Å². The smallest absolute Gasteiger partial charge is 0.326 e. The van der Waals surface area contributed by atoms with Crippen molar-refractivity contribution in [3.05, 3.63) is 35.7 Å². The molecule has 0 saturated heterocycles. The van der Waals surface area contributed by atoms with E-state index >= 15 is 0 Å². The summed E-state index contributed by atoms with van der Waals surface area (Å²) in [5.41, 5.74) is 1.02. The van der Waals surface area contributed by atoms with E-state index in [0.717, 1.165) is 41.5 Å². The molecular formula is C32H46N2O4. The van der Waals surface area contributed by atoms with E-state index in [1.165, 1.54) is 32.1 Å². The first-order valence-electron chi connectivity index (χ1n) is 14.3. The first-order valence-corrected chi connectivity index (χ1v) is 14.3. The molecule has 1 atom stereocenters. The maximum atomic E-state index is 13.2. The lowest BCUT2D eigenvalue weighted by atomic mass is 9.64. The number of carboxylic acids is 1. The molecule has 1 aromatic heterocycles. The predicted molar refractivity (Wildman–Crippen MR) is 152 cm³/mol. The fourth-order valence-corrected chi connectivity index (χ4v) is 7.00. The van der Waals surface area contributed by atoms with Gasteiger partial charge in [-0.05, 0) is 71.4 Å². The minimum Gasteiger partial charge on any atom is -0.490 e. The van der Waals surface area contributed by atoms with Crippen LogP contribution in [0.5, 0.6) is 5.75 Å². The van der Waals surface area contributed by atoms with Crippen LogP contribution in [0.25, 0.3) is 10.8 Å². The number of hydrogen-bond acceptors (Lipinski definition) is 4. The molecule has 2 aromatic rings. The average Bonchev–Trinajstić information content (AvgIpc) is 3.27. The summed E-state index contributed by atoms with van der Waals surface area (Å²) >= 11 is 0. The lowest BCUT2D eigenvalue weighted by molar-refractivity contribution is -0.142. The minimum absolute atomic E-state index is 0.160.